The molecule has 2 aromatic rings. The van der Waals surface area contributed by atoms with Gasteiger partial charge in [-0.25, -0.2) is 0 Å². The van der Waals surface area contributed by atoms with E-state index >= 15 is 0 Å². The third-order valence-electron chi connectivity index (χ3n) is 6.16. The molecule has 2 aliphatic heterocycles. The predicted octanol–water partition coefficient (Wildman–Crippen LogP) is 3.16. The van der Waals surface area contributed by atoms with Crippen molar-refractivity contribution in [1.29, 1.82) is 0 Å². The summed E-state index contributed by atoms with van der Waals surface area (Å²) in [5.41, 5.74) is 1.09. The fourth-order valence-corrected chi connectivity index (χ4v) is 6.25. The Labute approximate surface area is 204 Å². The number of nitrogens with one attached hydrogen (secondary N) is 1. The zero-order chi connectivity index (χ0) is 25.3. The minimum absolute atomic E-state index is 0.0388. The first-order valence-electron chi connectivity index (χ1n) is 11.2. The van der Waals surface area contributed by atoms with Gasteiger partial charge >= 0.3 is 0 Å². The lowest BCUT2D eigenvalue weighted by Crippen LogP contribution is -2.46. The average Bonchev–Trinajstić information content (AvgIpc) is 3.19. The number of hydrogen-bond acceptors (Lipinski definition) is 8. The number of aryl methyl sites for hydroxylation is 1. The van der Waals surface area contributed by atoms with Gasteiger partial charge in [0.05, 0.1) is 42.1 Å². The summed E-state index contributed by atoms with van der Waals surface area (Å²) in [5, 5.41) is 3.82. The van der Waals surface area contributed by atoms with Crippen LogP contribution in [0.5, 0.6) is 28.7 Å². The molecule has 10 heteroatoms. The fourth-order valence-electron chi connectivity index (χ4n) is 4.03. The Balaban J connectivity index is 1.51. The van der Waals surface area contributed by atoms with Crippen molar-refractivity contribution in [3.05, 3.63) is 41.9 Å². The normalized spacial score (nSPS) is 17.9. The Kier molecular flexibility index (Phi) is 6.66. The number of benzene rings is 2. The molecule has 0 fully saturated rings. The zero-order valence-corrected chi connectivity index (χ0v) is 21.6. The first-order valence-corrected chi connectivity index (χ1v) is 14.4. The third kappa shape index (κ3) is 4.79. The molecule has 0 bridgehead atoms. The molecule has 0 saturated heterocycles. The van der Waals surface area contributed by atoms with E-state index < -0.39 is 25.9 Å². The molecule has 0 radical (unpaired) electrons. The Morgan fingerprint density at radius 3 is 2.34 bits per heavy atom. The molecular weight excluding hydrogens is 470 g/mol. The summed E-state index contributed by atoms with van der Waals surface area (Å²) in [6.07, 6.45) is -0.223. The van der Waals surface area contributed by atoms with Crippen LogP contribution in [-0.2, 0) is 14.3 Å². The second-order valence-electron chi connectivity index (χ2n) is 8.96. The van der Waals surface area contributed by atoms with Crippen molar-refractivity contribution in [2.24, 2.45) is 0 Å². The highest BCUT2D eigenvalue weighted by Crippen LogP contribution is 2.39. The number of anilines is 1. The number of carbonyl (C=O) groups is 2. The summed E-state index contributed by atoms with van der Waals surface area (Å²) in [4.78, 5) is 25.6. The van der Waals surface area contributed by atoms with Gasteiger partial charge in [-0.1, -0.05) is 13.1 Å². The molecule has 0 aliphatic carbocycles. The molecule has 2 aliphatic rings. The zero-order valence-electron chi connectivity index (χ0n) is 20.6. The van der Waals surface area contributed by atoms with Gasteiger partial charge in [-0.05, 0) is 35.9 Å². The molecule has 186 valence electrons. The maximum Gasteiger partial charge on any atom is 0.289 e. The highest BCUT2D eigenvalue weighted by Gasteiger charge is 2.37. The first kappa shape index (κ1) is 24.5. The quantitative estimate of drug-likeness (QED) is 0.458. The number of carbonyl (C=O) groups excluding carboxylic acids is 2. The van der Waals surface area contributed by atoms with E-state index in [1.54, 1.807) is 12.1 Å². The van der Waals surface area contributed by atoms with E-state index in [1.165, 1.54) is 27.4 Å². The molecule has 2 aromatic carbocycles. The minimum Gasteiger partial charge on any atom is -0.496 e. The van der Waals surface area contributed by atoms with Gasteiger partial charge in [-0.2, -0.15) is 0 Å². The van der Waals surface area contributed by atoms with Gasteiger partial charge in [0, 0.05) is 12.1 Å². The van der Waals surface area contributed by atoms with Crippen LogP contribution in [0.4, 0.5) is 5.69 Å². The lowest BCUT2D eigenvalue weighted by molar-refractivity contribution is -0.134. The van der Waals surface area contributed by atoms with Crippen LogP contribution < -0.4 is 34.2 Å². The van der Waals surface area contributed by atoms with E-state index in [-0.39, 0.29) is 11.6 Å². The number of amides is 1. The summed E-state index contributed by atoms with van der Waals surface area (Å²) in [6.45, 7) is 7.18. The summed E-state index contributed by atoms with van der Waals surface area (Å²) in [7, 11) is 2.74. The van der Waals surface area contributed by atoms with E-state index in [9.17, 15) is 9.59 Å². The minimum atomic E-state index is -1.66. The molecule has 0 aromatic heterocycles. The van der Waals surface area contributed by atoms with E-state index in [4.69, 9.17) is 28.4 Å². The Hall–Kier alpha value is -3.66. The summed E-state index contributed by atoms with van der Waals surface area (Å²) < 4.78 is 33.3. The molecule has 1 unspecified atom stereocenters. The van der Waals surface area contributed by atoms with Gasteiger partial charge in [0.1, 0.15) is 34.4 Å². The van der Waals surface area contributed by atoms with Crippen LogP contribution in [0.3, 0.4) is 0 Å². The van der Waals surface area contributed by atoms with Crippen LogP contribution in [0, 0.1) is 6.92 Å². The van der Waals surface area contributed by atoms with Gasteiger partial charge < -0.3 is 33.7 Å². The van der Waals surface area contributed by atoms with Gasteiger partial charge in [0.2, 0.25) is 11.9 Å². The van der Waals surface area contributed by atoms with Crippen LogP contribution in [0.2, 0.25) is 19.1 Å². The monoisotopic (exact) mass is 499 g/mol. The van der Waals surface area contributed by atoms with Crippen molar-refractivity contribution in [2.45, 2.75) is 32.2 Å². The predicted molar refractivity (Wildman–Crippen MR) is 132 cm³/mol. The summed E-state index contributed by atoms with van der Waals surface area (Å²) >= 11 is 0. The lowest BCUT2D eigenvalue weighted by Gasteiger charge is -2.31. The molecule has 4 rings (SSSR count). The number of methoxy groups -OCH3 is 3. The largest absolute Gasteiger partial charge is 0.496 e. The van der Waals surface area contributed by atoms with Crippen molar-refractivity contribution in [3.63, 3.8) is 0 Å². The Morgan fingerprint density at radius 2 is 1.71 bits per heavy atom. The fraction of sp³-hybridized carbons (Fsp3) is 0.360. The van der Waals surface area contributed by atoms with Crippen molar-refractivity contribution in [1.82, 2.24) is 0 Å². The molecule has 0 saturated carbocycles. The highest BCUT2D eigenvalue weighted by atomic mass is 28.3. The van der Waals surface area contributed by atoms with Gasteiger partial charge in [0.15, 0.2) is 0 Å². The SMILES string of the molecule is COc1cc(OC)c(NC(=O)C2OC(Oc3cc4c(cc3C)OCC[Si]4(C)C)=CC2=O)c(OC)c1. The van der Waals surface area contributed by atoms with E-state index in [1.807, 2.05) is 19.1 Å². The molecule has 1 amide bonds. The third-order valence-corrected chi connectivity index (χ3v) is 9.46. The van der Waals surface area contributed by atoms with Crippen LogP contribution in [0.1, 0.15) is 5.56 Å². The van der Waals surface area contributed by atoms with Crippen molar-refractivity contribution >= 4 is 30.6 Å². The highest BCUT2D eigenvalue weighted by molar-refractivity contribution is 6.90. The maximum atomic E-state index is 13.0. The molecule has 9 nitrogen and oxygen atoms in total. The molecule has 2 heterocycles. The second-order valence-corrected chi connectivity index (χ2v) is 13.8. The standard InChI is InChI=1S/C25H29NO8Si/c1-14-9-18-21(35(5,6)8-7-32-18)13-17(14)33-22-12-16(27)24(34-22)25(28)26-23-19(30-3)10-15(29-2)11-20(23)31-4/h9-13,24H,7-8H2,1-6H3,(H,26,28). The Bertz CT molecular complexity index is 1180. The number of fused-ring (bicyclic) bond motifs is 1. The summed E-state index contributed by atoms with van der Waals surface area (Å²) in [6, 6.07) is 8.11. The molecule has 35 heavy (non-hydrogen) atoms. The summed E-state index contributed by atoms with van der Waals surface area (Å²) in [5.74, 6) is 1.30. The van der Waals surface area contributed by atoms with Gasteiger partial charge in [-0.15, -0.1) is 0 Å². The number of ether oxygens (including phenoxy) is 6. The molecular formula is C25H29NO8Si. The van der Waals surface area contributed by atoms with Crippen LogP contribution in [0.25, 0.3) is 0 Å². The average molecular weight is 500 g/mol. The Morgan fingerprint density at radius 1 is 1.03 bits per heavy atom. The van der Waals surface area contributed by atoms with Crippen molar-refractivity contribution in [2.75, 3.05) is 33.3 Å². The second kappa shape index (κ2) is 9.53. The maximum absolute atomic E-state index is 13.0. The molecule has 1 N–H and O–H groups in total. The van der Waals surface area contributed by atoms with Gasteiger partial charge in [-0.3, -0.25) is 9.59 Å². The van der Waals surface area contributed by atoms with Gasteiger partial charge in [0.25, 0.3) is 11.9 Å². The van der Waals surface area contributed by atoms with E-state index in [2.05, 4.69) is 18.4 Å². The topological polar surface area (TPSA) is 102 Å². The first-order chi connectivity index (χ1) is 16.7. The van der Waals surface area contributed by atoms with Crippen LogP contribution >= 0.6 is 0 Å². The molecule has 1 atom stereocenters. The number of rotatable bonds is 7. The van der Waals surface area contributed by atoms with Crippen molar-refractivity contribution < 1.29 is 38.0 Å². The molecule has 0 spiro atoms. The van der Waals surface area contributed by atoms with Crippen molar-refractivity contribution in [3.8, 4) is 28.7 Å². The van der Waals surface area contributed by atoms with Crippen LogP contribution in [-0.4, -0.2) is 53.8 Å². The number of ketones is 1. The van der Waals surface area contributed by atoms with Crippen LogP contribution in [0.15, 0.2) is 36.3 Å². The smallest absolute Gasteiger partial charge is 0.289 e. The van der Waals surface area contributed by atoms with E-state index in [0.29, 0.717) is 23.0 Å². The lowest BCUT2D eigenvalue weighted by atomic mass is 10.2. The number of hydrogen-bond donors (Lipinski definition) is 1. The van der Waals surface area contributed by atoms with E-state index in [0.717, 1.165) is 29.2 Å².